The summed E-state index contributed by atoms with van der Waals surface area (Å²) in [7, 11) is 0. The summed E-state index contributed by atoms with van der Waals surface area (Å²) in [4.78, 5) is 0. The van der Waals surface area contributed by atoms with Gasteiger partial charge in [-0.05, 0) is 25.1 Å². The Morgan fingerprint density at radius 1 is 1.40 bits per heavy atom. The van der Waals surface area contributed by atoms with Gasteiger partial charge in [-0.2, -0.15) is 0 Å². The molecule has 0 heterocycles. The SMILES string of the molecule is CC#CCC(NCC)c1ccccc1Br. The van der Waals surface area contributed by atoms with Crippen molar-refractivity contribution in [2.24, 2.45) is 0 Å². The maximum Gasteiger partial charge on any atom is 0.0442 e. The molecule has 0 spiro atoms. The van der Waals surface area contributed by atoms with Crippen molar-refractivity contribution in [2.75, 3.05) is 6.54 Å². The van der Waals surface area contributed by atoms with Gasteiger partial charge >= 0.3 is 0 Å². The van der Waals surface area contributed by atoms with Crippen molar-refractivity contribution in [1.29, 1.82) is 0 Å². The van der Waals surface area contributed by atoms with Crippen LogP contribution in [-0.2, 0) is 0 Å². The molecule has 0 saturated carbocycles. The van der Waals surface area contributed by atoms with E-state index in [-0.39, 0.29) is 0 Å². The minimum atomic E-state index is 0.318. The Hall–Kier alpha value is -0.780. The predicted molar refractivity (Wildman–Crippen MR) is 68.6 cm³/mol. The third kappa shape index (κ3) is 3.70. The van der Waals surface area contributed by atoms with Crippen LogP contribution in [0.4, 0.5) is 0 Å². The minimum Gasteiger partial charge on any atom is -0.309 e. The highest BCUT2D eigenvalue weighted by atomic mass is 79.9. The Kier molecular flexibility index (Phi) is 5.45. The zero-order valence-corrected chi connectivity index (χ0v) is 10.8. The molecular weight excluding hydrogens is 250 g/mol. The van der Waals surface area contributed by atoms with Gasteiger partial charge in [0.05, 0.1) is 0 Å². The first-order valence-corrected chi connectivity index (χ1v) is 5.96. The van der Waals surface area contributed by atoms with Crippen molar-refractivity contribution in [1.82, 2.24) is 5.32 Å². The van der Waals surface area contributed by atoms with Gasteiger partial charge in [-0.15, -0.1) is 11.8 Å². The Labute approximate surface area is 100 Å². The highest BCUT2D eigenvalue weighted by molar-refractivity contribution is 9.10. The molecular formula is C13H16BrN. The molecule has 0 saturated heterocycles. The van der Waals surface area contributed by atoms with E-state index in [0.29, 0.717) is 6.04 Å². The van der Waals surface area contributed by atoms with Crippen molar-refractivity contribution in [3.05, 3.63) is 34.3 Å². The Bertz CT molecular complexity index is 362. The third-order valence-electron chi connectivity index (χ3n) is 2.21. The molecule has 0 radical (unpaired) electrons. The summed E-state index contributed by atoms with van der Waals surface area (Å²) in [5.74, 6) is 6.07. The molecule has 1 aromatic rings. The number of hydrogen-bond acceptors (Lipinski definition) is 1. The van der Waals surface area contributed by atoms with E-state index in [1.54, 1.807) is 0 Å². The maximum absolute atomic E-state index is 3.57. The molecule has 1 nitrogen and oxygen atoms in total. The normalized spacial score (nSPS) is 11.7. The van der Waals surface area contributed by atoms with Gasteiger partial charge in [0.1, 0.15) is 0 Å². The van der Waals surface area contributed by atoms with E-state index in [2.05, 4.69) is 58.2 Å². The largest absolute Gasteiger partial charge is 0.309 e. The van der Waals surface area contributed by atoms with Crippen LogP contribution < -0.4 is 5.32 Å². The summed E-state index contributed by atoms with van der Waals surface area (Å²) in [6.45, 7) is 4.95. The van der Waals surface area contributed by atoms with Gasteiger partial charge in [-0.25, -0.2) is 0 Å². The van der Waals surface area contributed by atoms with Crippen molar-refractivity contribution >= 4 is 15.9 Å². The standard InChI is InChI=1S/C13H16BrN/c1-3-5-10-13(15-4-2)11-8-6-7-9-12(11)14/h6-9,13,15H,4,10H2,1-2H3. The van der Waals surface area contributed by atoms with E-state index in [1.165, 1.54) is 5.56 Å². The monoisotopic (exact) mass is 265 g/mol. The fourth-order valence-corrected chi connectivity index (χ4v) is 2.06. The zero-order chi connectivity index (χ0) is 11.1. The van der Waals surface area contributed by atoms with Crippen LogP contribution in [0.2, 0.25) is 0 Å². The summed E-state index contributed by atoms with van der Waals surface area (Å²) < 4.78 is 1.15. The van der Waals surface area contributed by atoms with Gasteiger partial charge in [0.15, 0.2) is 0 Å². The molecule has 1 aromatic carbocycles. The van der Waals surface area contributed by atoms with Gasteiger partial charge in [0, 0.05) is 16.9 Å². The molecule has 15 heavy (non-hydrogen) atoms. The van der Waals surface area contributed by atoms with E-state index < -0.39 is 0 Å². The van der Waals surface area contributed by atoms with Gasteiger partial charge < -0.3 is 5.32 Å². The summed E-state index contributed by atoms with van der Waals surface area (Å²) >= 11 is 3.57. The third-order valence-corrected chi connectivity index (χ3v) is 2.94. The van der Waals surface area contributed by atoms with Crippen LogP contribution in [-0.4, -0.2) is 6.54 Å². The van der Waals surface area contributed by atoms with Crippen molar-refractivity contribution in [2.45, 2.75) is 26.3 Å². The van der Waals surface area contributed by atoms with Crippen LogP contribution in [0.15, 0.2) is 28.7 Å². The summed E-state index contributed by atoms with van der Waals surface area (Å²) in [6.07, 6.45) is 0.854. The lowest BCUT2D eigenvalue weighted by molar-refractivity contribution is 0.563. The molecule has 1 rings (SSSR count). The number of nitrogens with one attached hydrogen (secondary N) is 1. The molecule has 0 bridgehead atoms. The second kappa shape index (κ2) is 6.66. The molecule has 1 unspecified atom stereocenters. The number of benzene rings is 1. The number of halogens is 1. The number of hydrogen-bond donors (Lipinski definition) is 1. The van der Waals surface area contributed by atoms with Gasteiger partial charge in [-0.1, -0.05) is 41.1 Å². The fourth-order valence-electron chi connectivity index (χ4n) is 1.50. The Balaban J connectivity index is 2.86. The summed E-state index contributed by atoms with van der Waals surface area (Å²) in [6, 6.07) is 8.61. The van der Waals surface area contributed by atoms with E-state index in [0.717, 1.165) is 17.4 Å². The maximum atomic E-state index is 3.57. The molecule has 1 atom stereocenters. The topological polar surface area (TPSA) is 12.0 Å². The van der Waals surface area contributed by atoms with Crippen LogP contribution in [0.3, 0.4) is 0 Å². The van der Waals surface area contributed by atoms with Crippen LogP contribution >= 0.6 is 15.9 Å². The van der Waals surface area contributed by atoms with Gasteiger partial charge in [-0.3, -0.25) is 0 Å². The molecule has 1 N–H and O–H groups in total. The van der Waals surface area contributed by atoms with E-state index >= 15 is 0 Å². The molecule has 0 aliphatic heterocycles. The van der Waals surface area contributed by atoms with Crippen LogP contribution in [0.5, 0.6) is 0 Å². The van der Waals surface area contributed by atoms with E-state index in [1.807, 2.05) is 13.0 Å². The first kappa shape index (κ1) is 12.3. The second-order valence-corrected chi connectivity index (χ2v) is 4.12. The average Bonchev–Trinajstić information content (AvgIpc) is 2.25. The molecule has 0 aliphatic rings. The lowest BCUT2D eigenvalue weighted by Gasteiger charge is -2.17. The molecule has 80 valence electrons. The first-order chi connectivity index (χ1) is 7.29. The molecule has 2 heteroatoms. The minimum absolute atomic E-state index is 0.318. The highest BCUT2D eigenvalue weighted by Gasteiger charge is 2.11. The lowest BCUT2D eigenvalue weighted by Crippen LogP contribution is -2.20. The van der Waals surface area contributed by atoms with Gasteiger partial charge in [0.2, 0.25) is 0 Å². The molecule has 0 amide bonds. The lowest BCUT2D eigenvalue weighted by atomic mass is 10.0. The van der Waals surface area contributed by atoms with E-state index in [9.17, 15) is 0 Å². The quantitative estimate of drug-likeness (QED) is 0.822. The number of rotatable bonds is 4. The van der Waals surface area contributed by atoms with Crippen LogP contribution in [0, 0.1) is 11.8 Å². The van der Waals surface area contributed by atoms with Crippen LogP contribution in [0.1, 0.15) is 31.9 Å². The molecule has 0 aromatic heterocycles. The Morgan fingerprint density at radius 2 is 2.13 bits per heavy atom. The second-order valence-electron chi connectivity index (χ2n) is 3.26. The van der Waals surface area contributed by atoms with Gasteiger partial charge in [0.25, 0.3) is 0 Å². The highest BCUT2D eigenvalue weighted by Crippen LogP contribution is 2.24. The summed E-state index contributed by atoms with van der Waals surface area (Å²) in [5.41, 5.74) is 1.28. The van der Waals surface area contributed by atoms with Crippen molar-refractivity contribution < 1.29 is 0 Å². The smallest absolute Gasteiger partial charge is 0.0442 e. The van der Waals surface area contributed by atoms with Crippen LogP contribution in [0.25, 0.3) is 0 Å². The Morgan fingerprint density at radius 3 is 2.73 bits per heavy atom. The van der Waals surface area contributed by atoms with E-state index in [4.69, 9.17) is 0 Å². The summed E-state index contributed by atoms with van der Waals surface area (Å²) in [5, 5.41) is 3.44. The van der Waals surface area contributed by atoms with Crippen molar-refractivity contribution in [3.8, 4) is 11.8 Å². The fraction of sp³-hybridized carbons (Fsp3) is 0.385. The zero-order valence-electron chi connectivity index (χ0n) is 9.18. The average molecular weight is 266 g/mol. The predicted octanol–water partition coefficient (Wildman–Crippen LogP) is 3.51. The van der Waals surface area contributed by atoms with Crippen molar-refractivity contribution in [3.63, 3.8) is 0 Å². The molecule has 0 fully saturated rings. The first-order valence-electron chi connectivity index (χ1n) is 5.17. The molecule has 0 aliphatic carbocycles.